The SMILES string of the molecule is CCCC(C)NC(=O)C1N(CCO)C(=O)[C@@H]2[C@@H](C(=O)Nc3ccc(OCC)cc3)[C@@]3(C)CCC12O3. The van der Waals surface area contributed by atoms with Crippen LogP contribution in [0.2, 0.25) is 0 Å². The third kappa shape index (κ3) is 4.29. The highest BCUT2D eigenvalue weighted by Crippen LogP contribution is 2.63. The Morgan fingerprint density at radius 3 is 2.57 bits per heavy atom. The maximum atomic E-state index is 13.7. The van der Waals surface area contributed by atoms with Crippen LogP contribution in [0.25, 0.3) is 0 Å². The highest BCUT2D eigenvalue weighted by atomic mass is 16.5. The molecule has 3 aliphatic heterocycles. The molecule has 3 heterocycles. The Kier molecular flexibility index (Phi) is 7.11. The highest BCUT2D eigenvalue weighted by Gasteiger charge is 2.77. The van der Waals surface area contributed by atoms with Crippen molar-refractivity contribution in [2.75, 3.05) is 25.1 Å². The lowest BCUT2D eigenvalue weighted by Gasteiger charge is -2.34. The summed E-state index contributed by atoms with van der Waals surface area (Å²) in [5, 5.41) is 15.6. The molecule has 3 saturated heterocycles. The van der Waals surface area contributed by atoms with Gasteiger partial charge in [-0.2, -0.15) is 0 Å². The van der Waals surface area contributed by atoms with Gasteiger partial charge in [-0.15, -0.1) is 0 Å². The maximum Gasteiger partial charge on any atom is 0.246 e. The minimum absolute atomic E-state index is 0.0185. The van der Waals surface area contributed by atoms with Crippen LogP contribution in [-0.4, -0.2) is 70.8 Å². The molecular formula is C26H37N3O6. The number of aliphatic hydroxyl groups is 1. The fourth-order valence-corrected chi connectivity index (χ4v) is 6.32. The number of carbonyl (C=O) groups is 3. The number of hydrogen-bond donors (Lipinski definition) is 3. The van der Waals surface area contributed by atoms with Gasteiger partial charge in [-0.05, 0) is 64.3 Å². The molecule has 3 aliphatic rings. The van der Waals surface area contributed by atoms with Crippen LogP contribution in [0.5, 0.6) is 5.75 Å². The summed E-state index contributed by atoms with van der Waals surface area (Å²) in [6.07, 6.45) is 2.81. The average Bonchev–Trinajstić information content (AvgIpc) is 3.37. The first-order valence-corrected chi connectivity index (χ1v) is 12.7. The number of β-amino-alcohol motifs (C(OH)–C–C–N with tert-alkyl or cyclic N) is 1. The van der Waals surface area contributed by atoms with Crippen LogP contribution in [0, 0.1) is 11.8 Å². The molecule has 0 radical (unpaired) electrons. The van der Waals surface area contributed by atoms with Gasteiger partial charge in [-0.25, -0.2) is 0 Å². The van der Waals surface area contributed by atoms with E-state index in [0.29, 0.717) is 30.9 Å². The van der Waals surface area contributed by atoms with Gasteiger partial charge in [-0.1, -0.05) is 13.3 Å². The number of amides is 3. The van der Waals surface area contributed by atoms with Crippen LogP contribution in [0.3, 0.4) is 0 Å². The first-order chi connectivity index (χ1) is 16.7. The zero-order valence-electron chi connectivity index (χ0n) is 21.0. The Morgan fingerprint density at radius 1 is 1.23 bits per heavy atom. The molecule has 3 unspecified atom stereocenters. The second-order valence-corrected chi connectivity index (χ2v) is 10.1. The van der Waals surface area contributed by atoms with Crippen molar-refractivity contribution < 1.29 is 29.0 Å². The van der Waals surface area contributed by atoms with Gasteiger partial charge in [-0.3, -0.25) is 14.4 Å². The van der Waals surface area contributed by atoms with Crippen molar-refractivity contribution in [3.63, 3.8) is 0 Å². The Morgan fingerprint density at radius 2 is 1.94 bits per heavy atom. The van der Waals surface area contributed by atoms with E-state index < -0.39 is 29.1 Å². The molecule has 0 aliphatic carbocycles. The van der Waals surface area contributed by atoms with Crippen molar-refractivity contribution in [3.05, 3.63) is 24.3 Å². The minimum Gasteiger partial charge on any atom is -0.494 e. The molecule has 9 nitrogen and oxygen atoms in total. The van der Waals surface area contributed by atoms with E-state index in [4.69, 9.17) is 9.47 Å². The molecule has 4 rings (SSSR count). The third-order valence-electron chi connectivity index (χ3n) is 7.69. The normalized spacial score (nSPS) is 31.9. The first kappa shape index (κ1) is 25.4. The van der Waals surface area contributed by atoms with E-state index in [9.17, 15) is 19.5 Å². The highest BCUT2D eigenvalue weighted by molar-refractivity contribution is 6.02. The minimum atomic E-state index is -1.09. The van der Waals surface area contributed by atoms with Crippen LogP contribution in [0.1, 0.15) is 53.4 Å². The molecule has 3 fully saturated rings. The summed E-state index contributed by atoms with van der Waals surface area (Å²) >= 11 is 0. The van der Waals surface area contributed by atoms with Crippen molar-refractivity contribution in [1.82, 2.24) is 10.2 Å². The number of fused-ring (bicyclic) bond motifs is 1. The summed E-state index contributed by atoms with van der Waals surface area (Å²) in [4.78, 5) is 42.1. The van der Waals surface area contributed by atoms with Crippen LogP contribution in [0.15, 0.2) is 24.3 Å². The van der Waals surface area contributed by atoms with Crippen LogP contribution < -0.4 is 15.4 Å². The molecular weight excluding hydrogens is 450 g/mol. The number of carbonyl (C=O) groups excluding carboxylic acids is 3. The molecule has 3 amide bonds. The number of benzene rings is 1. The molecule has 0 aromatic heterocycles. The van der Waals surface area contributed by atoms with E-state index in [2.05, 4.69) is 10.6 Å². The molecule has 192 valence electrons. The second-order valence-electron chi connectivity index (χ2n) is 10.1. The summed E-state index contributed by atoms with van der Waals surface area (Å²) in [6.45, 7) is 8.04. The fraction of sp³-hybridized carbons (Fsp3) is 0.654. The summed E-state index contributed by atoms with van der Waals surface area (Å²) < 4.78 is 12.0. The average molecular weight is 488 g/mol. The van der Waals surface area contributed by atoms with Crippen molar-refractivity contribution >= 4 is 23.4 Å². The number of nitrogens with zero attached hydrogens (tertiary/aromatic N) is 1. The van der Waals surface area contributed by atoms with Gasteiger partial charge in [0.25, 0.3) is 0 Å². The zero-order chi connectivity index (χ0) is 25.4. The summed E-state index contributed by atoms with van der Waals surface area (Å²) in [7, 11) is 0. The van der Waals surface area contributed by atoms with Crippen LogP contribution in [-0.2, 0) is 19.1 Å². The lowest BCUT2D eigenvalue weighted by atomic mass is 9.66. The quantitative estimate of drug-likeness (QED) is 0.465. The van der Waals surface area contributed by atoms with Gasteiger partial charge in [0, 0.05) is 18.3 Å². The molecule has 0 saturated carbocycles. The maximum absolute atomic E-state index is 13.7. The predicted octanol–water partition coefficient (Wildman–Crippen LogP) is 2.09. The van der Waals surface area contributed by atoms with E-state index in [1.165, 1.54) is 4.90 Å². The number of likely N-dealkylation sites (tertiary alicyclic amines) is 1. The van der Waals surface area contributed by atoms with Gasteiger partial charge < -0.3 is 30.1 Å². The standard InChI is InChI=1S/C26H37N3O6/c1-5-7-16(3)27-23(32)21-26-13-12-25(4,35-26)19(20(26)24(33)29(21)14-15-30)22(31)28-17-8-10-18(11-9-17)34-6-2/h8-11,16,19-21,30H,5-7,12-15H2,1-4H3,(H,27,32)(H,28,31)/t16?,19-,20-,21?,25+,26?/m0/s1. The van der Waals surface area contributed by atoms with E-state index in [-0.39, 0.29) is 36.9 Å². The van der Waals surface area contributed by atoms with Gasteiger partial charge in [0.1, 0.15) is 17.4 Å². The zero-order valence-corrected chi connectivity index (χ0v) is 21.0. The van der Waals surface area contributed by atoms with Gasteiger partial charge in [0.2, 0.25) is 17.7 Å². The van der Waals surface area contributed by atoms with Crippen molar-refractivity contribution in [2.24, 2.45) is 11.8 Å². The number of aliphatic hydroxyl groups excluding tert-OH is 1. The Hall–Kier alpha value is -2.65. The molecule has 35 heavy (non-hydrogen) atoms. The summed E-state index contributed by atoms with van der Waals surface area (Å²) in [5.41, 5.74) is -1.34. The van der Waals surface area contributed by atoms with E-state index in [0.717, 1.165) is 12.8 Å². The fourth-order valence-electron chi connectivity index (χ4n) is 6.32. The molecule has 3 N–H and O–H groups in total. The molecule has 9 heteroatoms. The smallest absolute Gasteiger partial charge is 0.246 e. The van der Waals surface area contributed by atoms with Crippen LogP contribution in [0.4, 0.5) is 5.69 Å². The molecule has 1 aromatic carbocycles. The molecule has 1 aromatic rings. The summed E-state index contributed by atoms with van der Waals surface area (Å²) in [6, 6.07) is 6.14. The Bertz CT molecular complexity index is 968. The number of hydrogen-bond acceptors (Lipinski definition) is 6. The van der Waals surface area contributed by atoms with E-state index in [1.807, 2.05) is 27.7 Å². The number of nitrogens with one attached hydrogen (secondary N) is 2. The van der Waals surface area contributed by atoms with E-state index >= 15 is 0 Å². The predicted molar refractivity (Wildman–Crippen MR) is 130 cm³/mol. The van der Waals surface area contributed by atoms with Gasteiger partial charge in [0.15, 0.2) is 0 Å². The molecule has 6 atom stereocenters. The van der Waals surface area contributed by atoms with Crippen molar-refractivity contribution in [1.29, 1.82) is 0 Å². The molecule has 2 bridgehead atoms. The monoisotopic (exact) mass is 487 g/mol. The van der Waals surface area contributed by atoms with Gasteiger partial charge in [0.05, 0.1) is 30.7 Å². The Labute approximate surface area is 206 Å². The van der Waals surface area contributed by atoms with Crippen LogP contribution >= 0.6 is 0 Å². The third-order valence-corrected chi connectivity index (χ3v) is 7.69. The second kappa shape index (κ2) is 9.78. The number of rotatable bonds is 10. The van der Waals surface area contributed by atoms with Crippen molar-refractivity contribution in [3.8, 4) is 5.75 Å². The number of ether oxygens (including phenoxy) is 2. The lowest BCUT2D eigenvalue weighted by Crippen LogP contribution is -2.56. The topological polar surface area (TPSA) is 117 Å². The Balaban J connectivity index is 1.62. The lowest BCUT2D eigenvalue weighted by molar-refractivity contribution is -0.145. The first-order valence-electron chi connectivity index (χ1n) is 12.7. The van der Waals surface area contributed by atoms with Crippen molar-refractivity contribution in [2.45, 2.75) is 76.7 Å². The summed E-state index contributed by atoms with van der Waals surface area (Å²) in [5.74, 6) is -1.72. The number of anilines is 1. The van der Waals surface area contributed by atoms with E-state index in [1.54, 1.807) is 24.3 Å². The largest absolute Gasteiger partial charge is 0.494 e. The molecule has 1 spiro atoms. The van der Waals surface area contributed by atoms with Gasteiger partial charge >= 0.3 is 0 Å².